The number of amides is 1. The highest BCUT2D eigenvalue weighted by atomic mass is 32.2. The van der Waals surface area contributed by atoms with E-state index in [0.717, 1.165) is 0 Å². The summed E-state index contributed by atoms with van der Waals surface area (Å²) < 4.78 is 26.6. The Morgan fingerprint density at radius 1 is 1.29 bits per heavy atom. The highest BCUT2D eigenvalue weighted by molar-refractivity contribution is 7.92. The first-order chi connectivity index (χ1) is 10.0. The Morgan fingerprint density at radius 3 is 2.71 bits per heavy atom. The van der Waals surface area contributed by atoms with Gasteiger partial charge >= 0.3 is 0 Å². The number of hydrogen-bond acceptors (Lipinski definition) is 5. The van der Waals surface area contributed by atoms with Gasteiger partial charge in [-0.25, -0.2) is 0 Å². The number of aromatic amines is 1. The minimum absolute atomic E-state index is 0.0836. The number of carbonyl (C=O) groups excluding carboxylic acids is 1. The van der Waals surface area contributed by atoms with Gasteiger partial charge in [0.2, 0.25) is 0 Å². The van der Waals surface area contributed by atoms with E-state index in [1.165, 1.54) is 24.4 Å². The maximum Gasteiger partial charge on any atom is 0.278 e. The molecular formula is C12H15N5O3S. The van der Waals surface area contributed by atoms with Gasteiger partial charge in [0.25, 0.3) is 15.9 Å². The van der Waals surface area contributed by atoms with Gasteiger partial charge in [-0.3, -0.25) is 14.6 Å². The van der Waals surface area contributed by atoms with Crippen LogP contribution in [0.4, 0.5) is 5.69 Å². The number of nitrogens with one attached hydrogen (secondary N) is 3. The number of carbonyl (C=O) groups is 1. The number of hydrogen-bond donors (Lipinski definition) is 4. The number of benzene rings is 1. The second-order valence-corrected chi connectivity index (χ2v) is 5.77. The maximum absolute atomic E-state index is 12.1. The molecule has 0 saturated carbocycles. The summed E-state index contributed by atoms with van der Waals surface area (Å²) in [6.45, 7) is 0.605. The van der Waals surface area contributed by atoms with Crippen molar-refractivity contribution in [2.75, 3.05) is 17.8 Å². The standard InChI is InChI=1S/C12H15N5O3S/c13-6-8-14-12(18)9-3-1-2-4-10(9)17-21(19,20)11-5-7-15-16-11/h1-5,7,17H,6,8,13H2,(H,14,18)(H,15,16). The van der Waals surface area contributed by atoms with Crippen LogP contribution in [0.3, 0.4) is 0 Å². The van der Waals surface area contributed by atoms with Gasteiger partial charge in [-0.05, 0) is 18.2 Å². The van der Waals surface area contributed by atoms with Gasteiger partial charge in [-0.15, -0.1) is 0 Å². The van der Waals surface area contributed by atoms with Crippen LogP contribution in [0.25, 0.3) is 0 Å². The second kappa shape index (κ2) is 6.37. The van der Waals surface area contributed by atoms with Gasteiger partial charge in [-0.1, -0.05) is 12.1 Å². The van der Waals surface area contributed by atoms with Gasteiger partial charge in [-0.2, -0.15) is 13.5 Å². The molecule has 0 aliphatic heterocycles. The first kappa shape index (κ1) is 15.0. The van der Waals surface area contributed by atoms with Crippen molar-refractivity contribution >= 4 is 21.6 Å². The minimum Gasteiger partial charge on any atom is -0.351 e. The second-order valence-electron chi connectivity index (χ2n) is 4.12. The fourth-order valence-corrected chi connectivity index (χ4v) is 2.63. The summed E-state index contributed by atoms with van der Waals surface area (Å²) >= 11 is 0. The predicted molar refractivity (Wildman–Crippen MR) is 77.2 cm³/mol. The van der Waals surface area contributed by atoms with E-state index in [-0.39, 0.29) is 16.3 Å². The SMILES string of the molecule is NCCNC(=O)c1ccccc1NS(=O)(=O)c1ccn[nH]1. The van der Waals surface area contributed by atoms with Crippen LogP contribution in [0.1, 0.15) is 10.4 Å². The first-order valence-electron chi connectivity index (χ1n) is 6.14. The number of H-pyrrole nitrogens is 1. The zero-order valence-corrected chi connectivity index (χ0v) is 11.9. The summed E-state index contributed by atoms with van der Waals surface area (Å²) in [4.78, 5) is 12.0. The van der Waals surface area contributed by atoms with Gasteiger partial charge in [0.15, 0.2) is 5.03 Å². The third-order valence-corrected chi connectivity index (χ3v) is 3.91. The molecule has 0 radical (unpaired) electrons. The van der Waals surface area contributed by atoms with E-state index in [1.807, 2.05) is 0 Å². The molecule has 0 bridgehead atoms. The van der Waals surface area contributed by atoms with Crippen LogP contribution in [0, 0.1) is 0 Å². The summed E-state index contributed by atoms with van der Waals surface area (Å²) in [5.74, 6) is -0.400. The third kappa shape index (κ3) is 3.58. The highest BCUT2D eigenvalue weighted by Crippen LogP contribution is 2.18. The highest BCUT2D eigenvalue weighted by Gasteiger charge is 2.19. The number of anilines is 1. The lowest BCUT2D eigenvalue weighted by molar-refractivity contribution is 0.0955. The normalized spacial score (nSPS) is 11.1. The Balaban J connectivity index is 2.27. The molecule has 0 saturated heterocycles. The van der Waals surface area contributed by atoms with E-state index in [9.17, 15) is 13.2 Å². The van der Waals surface area contributed by atoms with Crippen molar-refractivity contribution in [2.45, 2.75) is 5.03 Å². The van der Waals surface area contributed by atoms with Gasteiger partial charge < -0.3 is 11.1 Å². The zero-order valence-electron chi connectivity index (χ0n) is 11.0. The average molecular weight is 309 g/mol. The van der Waals surface area contributed by atoms with E-state index in [1.54, 1.807) is 12.1 Å². The molecule has 0 aliphatic rings. The predicted octanol–water partition coefficient (Wildman–Crippen LogP) is -0.101. The fraction of sp³-hybridized carbons (Fsp3) is 0.167. The molecule has 1 amide bonds. The Morgan fingerprint density at radius 2 is 2.05 bits per heavy atom. The van der Waals surface area contributed by atoms with Crippen LogP contribution in [0.15, 0.2) is 41.6 Å². The quantitative estimate of drug-likeness (QED) is 0.592. The van der Waals surface area contributed by atoms with Crippen molar-refractivity contribution in [1.29, 1.82) is 0 Å². The van der Waals surface area contributed by atoms with E-state index in [2.05, 4.69) is 20.2 Å². The molecule has 9 heteroatoms. The summed E-state index contributed by atoms with van der Waals surface area (Å²) in [5, 5.41) is 8.46. The van der Waals surface area contributed by atoms with Crippen molar-refractivity contribution < 1.29 is 13.2 Å². The Kier molecular flexibility index (Phi) is 4.55. The lowest BCUT2D eigenvalue weighted by Crippen LogP contribution is -2.30. The Labute approximate surface area is 121 Å². The largest absolute Gasteiger partial charge is 0.351 e. The Bertz CT molecular complexity index is 712. The monoisotopic (exact) mass is 309 g/mol. The first-order valence-corrected chi connectivity index (χ1v) is 7.62. The molecule has 0 unspecified atom stereocenters. The number of rotatable bonds is 6. The van der Waals surface area contributed by atoms with E-state index >= 15 is 0 Å². The molecule has 2 rings (SSSR count). The zero-order chi connectivity index (χ0) is 15.3. The molecule has 2 aromatic rings. The van der Waals surface area contributed by atoms with Crippen LogP contribution >= 0.6 is 0 Å². The third-order valence-electron chi connectivity index (χ3n) is 2.61. The van der Waals surface area contributed by atoms with E-state index < -0.39 is 15.9 Å². The topological polar surface area (TPSA) is 130 Å². The van der Waals surface area contributed by atoms with Crippen molar-refractivity contribution in [3.8, 4) is 0 Å². The van der Waals surface area contributed by atoms with Crippen molar-refractivity contribution in [1.82, 2.24) is 15.5 Å². The van der Waals surface area contributed by atoms with Crippen molar-refractivity contribution in [3.63, 3.8) is 0 Å². The van der Waals surface area contributed by atoms with E-state index in [0.29, 0.717) is 13.1 Å². The maximum atomic E-state index is 12.1. The molecule has 0 atom stereocenters. The molecule has 5 N–H and O–H groups in total. The molecule has 1 heterocycles. The molecule has 8 nitrogen and oxygen atoms in total. The molecule has 1 aromatic carbocycles. The molecular weight excluding hydrogens is 294 g/mol. The summed E-state index contributed by atoms with van der Waals surface area (Å²) in [6, 6.07) is 7.62. The van der Waals surface area contributed by atoms with Crippen molar-refractivity contribution in [3.05, 3.63) is 42.1 Å². The molecule has 21 heavy (non-hydrogen) atoms. The van der Waals surface area contributed by atoms with Gasteiger partial charge in [0.1, 0.15) is 0 Å². The lowest BCUT2D eigenvalue weighted by atomic mass is 10.1. The molecule has 1 aromatic heterocycles. The number of nitrogens with zero attached hydrogens (tertiary/aromatic N) is 1. The molecule has 112 valence electrons. The summed E-state index contributed by atoms with van der Waals surface area (Å²) in [6.07, 6.45) is 1.33. The van der Waals surface area contributed by atoms with Crippen LogP contribution in [-0.4, -0.2) is 37.6 Å². The van der Waals surface area contributed by atoms with Gasteiger partial charge in [0, 0.05) is 13.1 Å². The summed E-state index contributed by atoms with van der Waals surface area (Å²) in [7, 11) is -3.82. The van der Waals surface area contributed by atoms with E-state index in [4.69, 9.17) is 5.73 Å². The summed E-state index contributed by atoms with van der Waals surface area (Å²) in [5.41, 5.74) is 5.72. The average Bonchev–Trinajstić information content (AvgIpc) is 3.00. The number of nitrogens with two attached hydrogens (primary N) is 1. The van der Waals surface area contributed by atoms with Crippen molar-refractivity contribution in [2.24, 2.45) is 5.73 Å². The van der Waals surface area contributed by atoms with Crippen LogP contribution in [0.2, 0.25) is 0 Å². The fourth-order valence-electron chi connectivity index (χ4n) is 1.64. The van der Waals surface area contributed by atoms with Crippen LogP contribution in [0.5, 0.6) is 0 Å². The Hall–Kier alpha value is -2.39. The minimum atomic E-state index is -3.82. The molecule has 0 fully saturated rings. The smallest absolute Gasteiger partial charge is 0.278 e. The molecule has 0 spiro atoms. The lowest BCUT2D eigenvalue weighted by Gasteiger charge is -2.11. The van der Waals surface area contributed by atoms with Gasteiger partial charge in [0.05, 0.1) is 17.4 Å². The number of para-hydroxylation sites is 1. The molecule has 0 aliphatic carbocycles. The van der Waals surface area contributed by atoms with Crippen LogP contribution in [-0.2, 0) is 10.0 Å². The number of sulfonamides is 1. The van der Waals surface area contributed by atoms with Crippen LogP contribution < -0.4 is 15.8 Å². The number of aromatic nitrogens is 2.